The van der Waals surface area contributed by atoms with Crippen molar-refractivity contribution in [3.8, 4) is 22.8 Å². The van der Waals surface area contributed by atoms with Crippen molar-refractivity contribution in [2.45, 2.75) is 0 Å². The minimum Gasteiger partial charge on any atom is -0.366 e. The maximum Gasteiger partial charge on any atom is 0.255 e. The standard InChI is InChI=1S/C29H26N10O/c1-38-9-11-39(12-10-38)24-17-31-16-23-25(24)35-28(34-23)27-26-22(36-37-27)8-7-21(33-26)19-13-20(15-30-14-19)32-29(40)18-5-3-2-4-6-18/h2-8,13-17H,9-12H2,1H3,(H,32,40)(H,34,35)(H,36,37). The summed E-state index contributed by atoms with van der Waals surface area (Å²) in [5.41, 5.74) is 7.47. The number of carbonyl (C=O) groups is 1. The number of nitrogens with zero attached hydrogens (tertiary/aromatic N) is 7. The third-order valence-corrected chi connectivity index (χ3v) is 7.18. The molecule has 0 spiro atoms. The highest BCUT2D eigenvalue weighted by Gasteiger charge is 2.21. The number of anilines is 2. The van der Waals surface area contributed by atoms with Crippen LogP contribution in [-0.4, -0.2) is 79.2 Å². The first-order valence-corrected chi connectivity index (χ1v) is 13.1. The van der Waals surface area contributed by atoms with Crippen molar-refractivity contribution in [2.75, 3.05) is 43.4 Å². The monoisotopic (exact) mass is 530 g/mol. The van der Waals surface area contributed by atoms with Gasteiger partial charge in [-0.1, -0.05) is 18.2 Å². The van der Waals surface area contributed by atoms with Gasteiger partial charge >= 0.3 is 0 Å². The summed E-state index contributed by atoms with van der Waals surface area (Å²) in [7, 11) is 2.14. The van der Waals surface area contributed by atoms with Crippen LogP contribution in [-0.2, 0) is 0 Å². The lowest BCUT2D eigenvalue weighted by Crippen LogP contribution is -2.44. The van der Waals surface area contributed by atoms with Gasteiger partial charge in [-0.25, -0.2) is 9.97 Å². The second-order valence-electron chi connectivity index (χ2n) is 9.88. The van der Waals surface area contributed by atoms with Crippen LogP contribution in [0, 0.1) is 0 Å². The van der Waals surface area contributed by atoms with Crippen LogP contribution in [0.25, 0.3) is 44.8 Å². The quantitative estimate of drug-likeness (QED) is 0.305. The SMILES string of the molecule is CN1CCN(c2cncc3[nH]c(-c4n[nH]c5ccc(-c6cncc(NC(=O)c7ccccc7)c6)nc45)nc23)CC1. The van der Waals surface area contributed by atoms with Gasteiger partial charge in [0, 0.05) is 43.5 Å². The van der Waals surface area contributed by atoms with Crippen LogP contribution in [0.3, 0.4) is 0 Å². The third-order valence-electron chi connectivity index (χ3n) is 7.18. The molecule has 0 atom stereocenters. The number of H-pyrrole nitrogens is 2. The highest BCUT2D eigenvalue weighted by Crippen LogP contribution is 2.31. The number of nitrogens with one attached hydrogen (secondary N) is 3. The van der Waals surface area contributed by atoms with E-state index in [0.717, 1.165) is 54.0 Å². The fourth-order valence-corrected chi connectivity index (χ4v) is 4.98. The van der Waals surface area contributed by atoms with Crippen LogP contribution < -0.4 is 10.2 Å². The molecular weight excluding hydrogens is 504 g/mol. The average Bonchev–Trinajstić information content (AvgIpc) is 3.62. The fourth-order valence-electron chi connectivity index (χ4n) is 4.98. The Balaban J connectivity index is 1.21. The molecular formula is C29H26N10O. The van der Waals surface area contributed by atoms with Gasteiger partial charge in [0.05, 0.1) is 46.7 Å². The zero-order valence-corrected chi connectivity index (χ0v) is 21.8. The van der Waals surface area contributed by atoms with Crippen LogP contribution in [0.15, 0.2) is 73.3 Å². The minimum atomic E-state index is -0.199. The van der Waals surface area contributed by atoms with Gasteiger partial charge in [0.1, 0.15) is 11.0 Å². The first-order valence-electron chi connectivity index (χ1n) is 13.1. The number of rotatable bonds is 5. The normalized spacial score (nSPS) is 14.2. The summed E-state index contributed by atoms with van der Waals surface area (Å²) in [5.74, 6) is 0.423. The van der Waals surface area contributed by atoms with E-state index in [1.165, 1.54) is 0 Å². The second-order valence-corrected chi connectivity index (χ2v) is 9.88. The van der Waals surface area contributed by atoms with Gasteiger partial charge in [-0.05, 0) is 37.4 Å². The molecule has 1 saturated heterocycles. The number of hydrogen-bond donors (Lipinski definition) is 3. The van der Waals surface area contributed by atoms with Crippen LogP contribution >= 0.6 is 0 Å². The molecule has 1 aliphatic rings. The van der Waals surface area contributed by atoms with E-state index in [9.17, 15) is 4.79 Å². The van der Waals surface area contributed by atoms with Crippen molar-refractivity contribution >= 4 is 39.3 Å². The molecule has 7 rings (SSSR count). The van der Waals surface area contributed by atoms with Gasteiger partial charge in [-0.2, -0.15) is 5.10 Å². The average molecular weight is 531 g/mol. The molecule has 0 saturated carbocycles. The second kappa shape index (κ2) is 9.86. The molecule has 6 aromatic rings. The maximum absolute atomic E-state index is 12.6. The van der Waals surface area contributed by atoms with E-state index in [0.29, 0.717) is 34.0 Å². The molecule has 11 nitrogen and oxygen atoms in total. The Morgan fingerprint density at radius 2 is 1.70 bits per heavy atom. The highest BCUT2D eigenvalue weighted by molar-refractivity contribution is 6.04. The molecule has 1 fully saturated rings. The van der Waals surface area contributed by atoms with Gasteiger partial charge in [0.25, 0.3) is 5.91 Å². The zero-order valence-electron chi connectivity index (χ0n) is 21.8. The van der Waals surface area contributed by atoms with E-state index in [2.05, 4.69) is 47.3 Å². The molecule has 11 heteroatoms. The van der Waals surface area contributed by atoms with E-state index >= 15 is 0 Å². The number of aromatic amines is 2. The summed E-state index contributed by atoms with van der Waals surface area (Å²) in [4.78, 5) is 39.3. The Morgan fingerprint density at radius 3 is 2.55 bits per heavy atom. The molecule has 0 unspecified atom stereocenters. The Kier molecular flexibility index (Phi) is 5.90. The van der Waals surface area contributed by atoms with Crippen molar-refractivity contribution in [2.24, 2.45) is 0 Å². The summed E-state index contributed by atoms with van der Waals surface area (Å²) in [6.07, 6.45) is 7.02. The Bertz CT molecular complexity index is 1840. The smallest absolute Gasteiger partial charge is 0.255 e. The molecule has 1 aromatic carbocycles. The number of pyridine rings is 3. The van der Waals surface area contributed by atoms with Gasteiger partial charge in [0.2, 0.25) is 0 Å². The van der Waals surface area contributed by atoms with E-state index in [4.69, 9.17) is 9.97 Å². The molecule has 5 aromatic heterocycles. The fraction of sp³-hybridized carbons (Fsp3) is 0.172. The predicted molar refractivity (Wildman–Crippen MR) is 154 cm³/mol. The van der Waals surface area contributed by atoms with E-state index < -0.39 is 0 Å². The van der Waals surface area contributed by atoms with Crippen LogP contribution in [0.4, 0.5) is 11.4 Å². The zero-order chi connectivity index (χ0) is 27.1. The minimum absolute atomic E-state index is 0.199. The molecule has 40 heavy (non-hydrogen) atoms. The number of fused-ring (bicyclic) bond motifs is 2. The molecule has 0 bridgehead atoms. The lowest BCUT2D eigenvalue weighted by atomic mass is 10.1. The van der Waals surface area contributed by atoms with Crippen molar-refractivity contribution in [1.82, 2.24) is 40.0 Å². The number of carbonyl (C=O) groups excluding carboxylic acids is 1. The third kappa shape index (κ3) is 4.41. The number of amides is 1. The van der Waals surface area contributed by atoms with Gasteiger partial charge in [-0.15, -0.1) is 0 Å². The summed E-state index contributed by atoms with van der Waals surface area (Å²) >= 11 is 0. The molecule has 0 radical (unpaired) electrons. The predicted octanol–water partition coefficient (Wildman–Crippen LogP) is 3.96. The van der Waals surface area contributed by atoms with Gasteiger partial charge in [-0.3, -0.25) is 19.9 Å². The first-order chi connectivity index (χ1) is 19.6. The molecule has 1 aliphatic heterocycles. The summed E-state index contributed by atoms with van der Waals surface area (Å²) in [6.45, 7) is 3.84. The van der Waals surface area contributed by atoms with E-state index in [1.807, 2.05) is 42.6 Å². The molecule has 198 valence electrons. The number of piperazine rings is 1. The van der Waals surface area contributed by atoms with Crippen molar-refractivity contribution < 1.29 is 4.79 Å². The largest absolute Gasteiger partial charge is 0.366 e. The number of likely N-dealkylation sites (N-methyl/N-ethyl adjacent to an activating group) is 1. The van der Waals surface area contributed by atoms with Crippen LogP contribution in [0.1, 0.15) is 10.4 Å². The number of aromatic nitrogens is 7. The lowest BCUT2D eigenvalue weighted by Gasteiger charge is -2.33. The van der Waals surface area contributed by atoms with E-state index in [1.54, 1.807) is 30.7 Å². The summed E-state index contributed by atoms with van der Waals surface area (Å²) in [6, 6.07) is 14.8. The van der Waals surface area contributed by atoms with E-state index in [-0.39, 0.29) is 5.91 Å². The molecule has 1 amide bonds. The Hall–Kier alpha value is -5.16. The van der Waals surface area contributed by atoms with Crippen molar-refractivity contribution in [1.29, 1.82) is 0 Å². The molecule has 0 aliphatic carbocycles. The Morgan fingerprint density at radius 1 is 0.875 bits per heavy atom. The first kappa shape index (κ1) is 23.9. The van der Waals surface area contributed by atoms with Crippen LogP contribution in [0.5, 0.6) is 0 Å². The van der Waals surface area contributed by atoms with Crippen molar-refractivity contribution in [3.63, 3.8) is 0 Å². The highest BCUT2D eigenvalue weighted by atomic mass is 16.1. The van der Waals surface area contributed by atoms with Crippen LogP contribution in [0.2, 0.25) is 0 Å². The number of hydrogen-bond acceptors (Lipinski definition) is 8. The topological polar surface area (TPSA) is 132 Å². The van der Waals surface area contributed by atoms with Gasteiger partial charge < -0.3 is 20.1 Å². The Labute approximate surface area is 229 Å². The number of imidazole rings is 1. The maximum atomic E-state index is 12.6. The van der Waals surface area contributed by atoms with Gasteiger partial charge in [0.15, 0.2) is 11.5 Å². The summed E-state index contributed by atoms with van der Waals surface area (Å²) < 4.78 is 0. The van der Waals surface area contributed by atoms with Crippen molar-refractivity contribution in [3.05, 3.63) is 78.9 Å². The molecule has 6 heterocycles. The molecule has 3 N–H and O–H groups in total. The lowest BCUT2D eigenvalue weighted by molar-refractivity contribution is 0.102. The number of benzene rings is 1. The summed E-state index contributed by atoms with van der Waals surface area (Å²) in [5, 5.41) is 10.5.